The number of fused-ring (bicyclic) bond motifs is 1. The molecule has 3 nitrogen and oxygen atoms in total. The van der Waals surface area contributed by atoms with Crippen LogP contribution < -0.4 is 4.74 Å². The van der Waals surface area contributed by atoms with E-state index in [0.29, 0.717) is 0 Å². The number of nitrogens with zero attached hydrogens (tertiary/aromatic N) is 2. The van der Waals surface area contributed by atoms with E-state index < -0.39 is 0 Å². The molecular weight excluding hydrogens is 327 g/mol. The maximum atomic E-state index is 5.89. The van der Waals surface area contributed by atoms with Crippen LogP contribution in [0.25, 0.3) is 0 Å². The van der Waals surface area contributed by atoms with Crippen LogP contribution in [-0.4, -0.2) is 9.97 Å². The lowest BCUT2D eigenvalue weighted by Crippen LogP contribution is -1.97. The molecule has 0 N–H and O–H groups in total. The molecule has 0 atom stereocenters. The number of halogens is 1. The topological polar surface area (TPSA) is 35.0 Å². The van der Waals surface area contributed by atoms with Crippen molar-refractivity contribution < 1.29 is 4.74 Å². The van der Waals surface area contributed by atoms with E-state index in [1.54, 1.807) is 6.33 Å². The monoisotopic (exact) mass is 338 g/mol. The quantitative estimate of drug-likeness (QED) is 0.788. The zero-order valence-electron chi connectivity index (χ0n) is 9.19. The van der Waals surface area contributed by atoms with Crippen LogP contribution in [0.15, 0.2) is 30.6 Å². The highest BCUT2D eigenvalue weighted by molar-refractivity contribution is 14.1. The summed E-state index contributed by atoms with van der Waals surface area (Å²) in [6.07, 6.45) is 4.81. The highest BCUT2D eigenvalue weighted by atomic mass is 127. The molecule has 1 heterocycles. The molecule has 0 aliphatic heterocycles. The predicted octanol–water partition coefficient (Wildman–Crippen LogP) is 3.36. The maximum absolute atomic E-state index is 5.89. The molecule has 1 aliphatic rings. The number of rotatable bonds is 2. The molecule has 0 fully saturated rings. The van der Waals surface area contributed by atoms with Gasteiger partial charge in [-0.25, -0.2) is 9.97 Å². The number of hydrogen-bond acceptors (Lipinski definition) is 3. The summed E-state index contributed by atoms with van der Waals surface area (Å²) in [5, 5.41) is 0. The van der Waals surface area contributed by atoms with Gasteiger partial charge in [0, 0.05) is 5.56 Å². The average Bonchev–Trinajstić information content (AvgIpc) is 2.81. The number of para-hydroxylation sites is 1. The molecule has 86 valence electrons. The van der Waals surface area contributed by atoms with Crippen LogP contribution in [0.2, 0.25) is 0 Å². The van der Waals surface area contributed by atoms with Gasteiger partial charge in [-0.15, -0.1) is 0 Å². The van der Waals surface area contributed by atoms with Crippen molar-refractivity contribution in [3.8, 4) is 11.6 Å². The molecule has 4 heteroatoms. The molecule has 2 aromatic rings. The van der Waals surface area contributed by atoms with Gasteiger partial charge in [0.1, 0.15) is 12.1 Å². The minimum absolute atomic E-state index is 0.719. The number of ether oxygens (including phenoxy) is 1. The van der Waals surface area contributed by atoms with Gasteiger partial charge in [0.15, 0.2) is 0 Å². The van der Waals surface area contributed by atoms with Crippen LogP contribution in [0.3, 0.4) is 0 Å². The fraction of sp³-hybridized carbons (Fsp3) is 0.231. The van der Waals surface area contributed by atoms with Crippen molar-refractivity contribution in [2.45, 2.75) is 19.3 Å². The lowest BCUT2D eigenvalue weighted by Gasteiger charge is -2.09. The first kappa shape index (κ1) is 11.0. The molecule has 1 aromatic carbocycles. The van der Waals surface area contributed by atoms with Gasteiger partial charge in [0.2, 0.25) is 5.88 Å². The SMILES string of the molecule is Ic1ccccc1Oc1ncnc2c1CCC2. The van der Waals surface area contributed by atoms with Crippen LogP contribution in [0.5, 0.6) is 11.6 Å². The zero-order valence-corrected chi connectivity index (χ0v) is 11.3. The Morgan fingerprint density at radius 3 is 2.88 bits per heavy atom. The van der Waals surface area contributed by atoms with Crippen molar-refractivity contribution in [1.82, 2.24) is 9.97 Å². The Balaban J connectivity index is 1.97. The smallest absolute Gasteiger partial charge is 0.225 e. The molecule has 0 bridgehead atoms. The molecule has 0 saturated heterocycles. The standard InChI is InChI=1S/C13H11IN2O/c14-10-5-1-2-7-12(10)17-13-9-4-3-6-11(9)15-8-16-13/h1-2,5,7-8H,3-4,6H2. The number of benzene rings is 1. The molecule has 0 radical (unpaired) electrons. The summed E-state index contributed by atoms with van der Waals surface area (Å²) in [5.74, 6) is 1.58. The summed E-state index contributed by atoms with van der Waals surface area (Å²) in [7, 11) is 0. The van der Waals surface area contributed by atoms with Gasteiger partial charge in [-0.3, -0.25) is 0 Å². The number of aryl methyl sites for hydroxylation is 1. The van der Waals surface area contributed by atoms with Crippen molar-refractivity contribution in [1.29, 1.82) is 0 Å². The Bertz CT molecular complexity index is 557. The summed E-state index contributed by atoms with van der Waals surface area (Å²) in [5.41, 5.74) is 2.31. The Kier molecular flexibility index (Phi) is 2.96. The Morgan fingerprint density at radius 1 is 1.12 bits per heavy atom. The first-order chi connectivity index (χ1) is 8.34. The largest absolute Gasteiger partial charge is 0.438 e. The van der Waals surface area contributed by atoms with Crippen LogP contribution in [-0.2, 0) is 12.8 Å². The third-order valence-electron chi connectivity index (χ3n) is 2.88. The van der Waals surface area contributed by atoms with Gasteiger partial charge in [0.25, 0.3) is 0 Å². The fourth-order valence-corrected chi connectivity index (χ4v) is 2.55. The van der Waals surface area contributed by atoms with Gasteiger partial charge < -0.3 is 4.74 Å². The van der Waals surface area contributed by atoms with E-state index >= 15 is 0 Å². The van der Waals surface area contributed by atoms with E-state index in [2.05, 4.69) is 32.6 Å². The number of aromatic nitrogens is 2. The maximum Gasteiger partial charge on any atom is 0.225 e. The molecule has 3 rings (SSSR count). The third kappa shape index (κ3) is 2.13. The van der Waals surface area contributed by atoms with Crippen molar-refractivity contribution in [3.63, 3.8) is 0 Å². The lowest BCUT2D eigenvalue weighted by molar-refractivity contribution is 0.452. The summed E-state index contributed by atoms with van der Waals surface area (Å²) < 4.78 is 6.99. The highest BCUT2D eigenvalue weighted by Crippen LogP contribution is 2.31. The van der Waals surface area contributed by atoms with E-state index in [-0.39, 0.29) is 0 Å². The van der Waals surface area contributed by atoms with Crippen LogP contribution in [0, 0.1) is 3.57 Å². The predicted molar refractivity (Wildman–Crippen MR) is 73.3 cm³/mol. The Morgan fingerprint density at radius 2 is 2.00 bits per heavy atom. The summed E-state index contributed by atoms with van der Waals surface area (Å²) in [6, 6.07) is 7.96. The van der Waals surface area contributed by atoms with E-state index in [1.165, 1.54) is 5.56 Å². The second kappa shape index (κ2) is 4.60. The first-order valence-corrected chi connectivity index (χ1v) is 6.67. The van der Waals surface area contributed by atoms with Crippen LogP contribution in [0.4, 0.5) is 0 Å². The van der Waals surface area contributed by atoms with E-state index in [9.17, 15) is 0 Å². The fourth-order valence-electron chi connectivity index (χ4n) is 2.05. The molecule has 0 amide bonds. The first-order valence-electron chi connectivity index (χ1n) is 5.60. The van der Waals surface area contributed by atoms with Crippen molar-refractivity contribution in [2.24, 2.45) is 0 Å². The summed E-state index contributed by atoms with van der Waals surface area (Å²) in [4.78, 5) is 8.54. The third-order valence-corrected chi connectivity index (χ3v) is 3.77. The molecule has 1 aromatic heterocycles. The minimum Gasteiger partial charge on any atom is -0.438 e. The molecule has 0 spiro atoms. The van der Waals surface area contributed by atoms with E-state index in [1.807, 2.05) is 24.3 Å². The van der Waals surface area contributed by atoms with Gasteiger partial charge in [-0.1, -0.05) is 12.1 Å². The Hall–Kier alpha value is -1.17. The highest BCUT2D eigenvalue weighted by Gasteiger charge is 2.18. The van der Waals surface area contributed by atoms with Gasteiger partial charge >= 0.3 is 0 Å². The van der Waals surface area contributed by atoms with E-state index in [0.717, 1.165) is 40.2 Å². The van der Waals surface area contributed by atoms with Crippen molar-refractivity contribution >= 4 is 22.6 Å². The average molecular weight is 338 g/mol. The lowest BCUT2D eigenvalue weighted by atomic mass is 10.2. The summed E-state index contributed by atoms with van der Waals surface area (Å²) in [6.45, 7) is 0. The van der Waals surface area contributed by atoms with Gasteiger partial charge in [0.05, 0.1) is 9.26 Å². The van der Waals surface area contributed by atoms with Crippen LogP contribution in [0.1, 0.15) is 17.7 Å². The second-order valence-electron chi connectivity index (χ2n) is 3.99. The van der Waals surface area contributed by atoms with Gasteiger partial charge in [-0.2, -0.15) is 0 Å². The van der Waals surface area contributed by atoms with Crippen molar-refractivity contribution in [3.05, 3.63) is 45.4 Å². The van der Waals surface area contributed by atoms with E-state index in [4.69, 9.17) is 4.74 Å². The molecule has 0 saturated carbocycles. The Labute approximate surface area is 113 Å². The van der Waals surface area contributed by atoms with Gasteiger partial charge in [-0.05, 0) is 54.0 Å². The zero-order chi connectivity index (χ0) is 11.7. The van der Waals surface area contributed by atoms with Crippen molar-refractivity contribution in [2.75, 3.05) is 0 Å². The molecular formula is C13H11IN2O. The molecule has 17 heavy (non-hydrogen) atoms. The molecule has 0 unspecified atom stereocenters. The minimum atomic E-state index is 0.719. The molecule has 1 aliphatic carbocycles. The second-order valence-corrected chi connectivity index (χ2v) is 5.15. The normalized spacial score (nSPS) is 13.5. The summed E-state index contributed by atoms with van der Waals surface area (Å²) >= 11 is 2.27. The number of hydrogen-bond donors (Lipinski definition) is 0. The van der Waals surface area contributed by atoms with Crippen LogP contribution >= 0.6 is 22.6 Å².